The summed E-state index contributed by atoms with van der Waals surface area (Å²) >= 11 is 2.57. The van der Waals surface area contributed by atoms with Crippen LogP contribution >= 0.6 is 15.9 Å². The third-order valence-electron chi connectivity index (χ3n) is 1.78. The number of rotatable bonds is 1. The van der Waals surface area contributed by atoms with Crippen molar-refractivity contribution in [2.45, 2.75) is 19.5 Å². The first-order chi connectivity index (χ1) is 7.50. The van der Waals surface area contributed by atoms with Gasteiger partial charge in [0.25, 0.3) is 0 Å². The summed E-state index contributed by atoms with van der Waals surface area (Å²) in [6, 6.07) is 1.31. The average Bonchev–Trinajstić information content (AvgIpc) is 1.94. The second-order valence-electron chi connectivity index (χ2n) is 3.14. The van der Waals surface area contributed by atoms with Crippen molar-refractivity contribution in [1.29, 1.82) is 0 Å². The highest BCUT2D eigenvalue weighted by Gasteiger charge is 2.36. The Morgan fingerprint density at radius 3 is 1.94 bits per heavy atom. The Morgan fingerprint density at radius 2 is 1.59 bits per heavy atom. The topological polar surface area (TPSA) is 9.23 Å². The minimum atomic E-state index is -4.94. The van der Waals surface area contributed by atoms with Gasteiger partial charge in [-0.1, -0.05) is 15.9 Å². The standard InChI is InChI=1S/C9H5BrF6O/c1-4-2-5(17-9(14,15)16)3-6(10)7(4)8(11,12)13/h2-3H,1H3. The van der Waals surface area contributed by atoms with E-state index in [1.54, 1.807) is 0 Å². The first-order valence-corrected chi connectivity index (χ1v) is 4.93. The maximum Gasteiger partial charge on any atom is 0.573 e. The van der Waals surface area contributed by atoms with E-state index in [0.717, 1.165) is 6.92 Å². The maximum atomic E-state index is 12.5. The molecule has 0 atom stereocenters. The molecule has 0 aromatic heterocycles. The summed E-state index contributed by atoms with van der Waals surface area (Å²) in [6.45, 7) is 1.05. The second-order valence-corrected chi connectivity index (χ2v) is 4.00. The Labute approximate surface area is 101 Å². The number of hydrogen-bond acceptors (Lipinski definition) is 1. The first-order valence-electron chi connectivity index (χ1n) is 4.14. The van der Waals surface area contributed by atoms with Gasteiger partial charge >= 0.3 is 12.5 Å². The summed E-state index contributed by atoms with van der Waals surface area (Å²) in [5.74, 6) is -0.699. The van der Waals surface area contributed by atoms with Gasteiger partial charge in [0.1, 0.15) is 5.75 Å². The van der Waals surface area contributed by atoms with Crippen LogP contribution in [0, 0.1) is 6.92 Å². The van der Waals surface area contributed by atoms with Crippen LogP contribution in [0.1, 0.15) is 11.1 Å². The summed E-state index contributed by atoms with van der Waals surface area (Å²) in [5.41, 5.74) is -1.38. The van der Waals surface area contributed by atoms with Gasteiger partial charge in [-0.3, -0.25) is 0 Å². The van der Waals surface area contributed by atoms with Gasteiger partial charge in [-0.15, -0.1) is 13.2 Å². The van der Waals surface area contributed by atoms with Crippen LogP contribution in [0.25, 0.3) is 0 Å². The maximum absolute atomic E-state index is 12.5. The monoisotopic (exact) mass is 322 g/mol. The minimum absolute atomic E-state index is 0.355. The lowest BCUT2D eigenvalue weighted by Gasteiger charge is -2.15. The molecule has 0 saturated carbocycles. The van der Waals surface area contributed by atoms with Crippen molar-refractivity contribution in [1.82, 2.24) is 0 Å². The van der Waals surface area contributed by atoms with Crippen LogP contribution < -0.4 is 4.74 Å². The molecule has 0 fully saturated rings. The summed E-state index contributed by atoms with van der Waals surface area (Å²) < 4.78 is 76.1. The molecular formula is C9H5BrF6O. The fraction of sp³-hybridized carbons (Fsp3) is 0.333. The van der Waals surface area contributed by atoms with E-state index in [1.807, 2.05) is 0 Å². The summed E-state index contributed by atoms with van der Waals surface area (Å²) in [4.78, 5) is 0. The Bertz CT molecular complexity index is 399. The highest BCUT2D eigenvalue weighted by molar-refractivity contribution is 9.10. The zero-order valence-corrected chi connectivity index (χ0v) is 9.79. The fourth-order valence-electron chi connectivity index (χ4n) is 1.26. The van der Waals surface area contributed by atoms with Crippen molar-refractivity contribution in [3.8, 4) is 5.75 Å². The molecule has 1 aromatic rings. The molecule has 0 spiro atoms. The lowest BCUT2D eigenvalue weighted by atomic mass is 10.1. The third kappa shape index (κ3) is 3.79. The molecule has 0 aliphatic heterocycles. The van der Waals surface area contributed by atoms with Crippen LogP contribution in [0.15, 0.2) is 16.6 Å². The van der Waals surface area contributed by atoms with Crippen LogP contribution in [0.2, 0.25) is 0 Å². The molecular weight excluding hydrogens is 318 g/mol. The average molecular weight is 323 g/mol. The molecule has 0 amide bonds. The zero-order valence-electron chi connectivity index (χ0n) is 8.21. The fourth-order valence-corrected chi connectivity index (χ4v) is 2.03. The predicted octanol–water partition coefficient (Wildman–Crippen LogP) is 4.67. The molecule has 0 bridgehead atoms. The molecule has 0 radical (unpaired) electrons. The molecule has 0 aliphatic rings. The smallest absolute Gasteiger partial charge is 0.406 e. The van der Waals surface area contributed by atoms with Crippen molar-refractivity contribution in [2.75, 3.05) is 0 Å². The summed E-state index contributed by atoms with van der Waals surface area (Å²) in [5, 5.41) is 0. The van der Waals surface area contributed by atoms with Crippen molar-refractivity contribution >= 4 is 15.9 Å². The number of benzene rings is 1. The van der Waals surface area contributed by atoms with Crippen LogP contribution in [0.3, 0.4) is 0 Å². The van der Waals surface area contributed by atoms with Crippen molar-refractivity contribution in [2.24, 2.45) is 0 Å². The number of halogens is 7. The number of aryl methyl sites for hydroxylation is 1. The molecule has 0 heterocycles. The summed E-state index contributed by atoms with van der Waals surface area (Å²) in [7, 11) is 0. The van der Waals surface area contributed by atoms with Gasteiger partial charge in [-0.25, -0.2) is 0 Å². The predicted molar refractivity (Wildman–Crippen MR) is 50.6 cm³/mol. The Morgan fingerprint density at radius 1 is 1.06 bits per heavy atom. The highest BCUT2D eigenvalue weighted by Crippen LogP contribution is 2.40. The van der Waals surface area contributed by atoms with Crippen LogP contribution in [0.4, 0.5) is 26.3 Å². The second kappa shape index (κ2) is 4.40. The van der Waals surface area contributed by atoms with E-state index >= 15 is 0 Å². The van der Waals surface area contributed by atoms with Gasteiger partial charge in [0.2, 0.25) is 0 Å². The zero-order chi connectivity index (χ0) is 13.4. The van der Waals surface area contributed by atoms with Gasteiger partial charge in [0.05, 0.1) is 5.56 Å². The Hall–Kier alpha value is -0.920. The van der Waals surface area contributed by atoms with E-state index in [1.165, 1.54) is 0 Å². The molecule has 0 N–H and O–H groups in total. The molecule has 17 heavy (non-hydrogen) atoms. The highest BCUT2D eigenvalue weighted by atomic mass is 79.9. The van der Waals surface area contributed by atoms with E-state index in [-0.39, 0.29) is 5.56 Å². The molecule has 96 valence electrons. The van der Waals surface area contributed by atoms with Gasteiger partial charge in [0.15, 0.2) is 0 Å². The van der Waals surface area contributed by atoms with E-state index in [4.69, 9.17) is 0 Å². The van der Waals surface area contributed by atoms with E-state index in [0.29, 0.717) is 12.1 Å². The minimum Gasteiger partial charge on any atom is -0.406 e. The van der Waals surface area contributed by atoms with Crippen LogP contribution in [0.5, 0.6) is 5.75 Å². The van der Waals surface area contributed by atoms with Gasteiger partial charge in [-0.2, -0.15) is 13.2 Å². The van der Waals surface area contributed by atoms with E-state index in [2.05, 4.69) is 20.7 Å². The van der Waals surface area contributed by atoms with Gasteiger partial charge in [0, 0.05) is 4.47 Å². The normalized spacial score (nSPS) is 12.7. The van der Waals surface area contributed by atoms with E-state index < -0.39 is 28.3 Å². The van der Waals surface area contributed by atoms with Gasteiger partial charge in [-0.05, 0) is 24.6 Å². The van der Waals surface area contributed by atoms with Gasteiger partial charge < -0.3 is 4.74 Å². The van der Waals surface area contributed by atoms with Crippen LogP contribution in [-0.4, -0.2) is 6.36 Å². The lowest BCUT2D eigenvalue weighted by molar-refractivity contribution is -0.274. The van der Waals surface area contributed by atoms with Crippen molar-refractivity contribution in [3.63, 3.8) is 0 Å². The Balaban J connectivity index is 3.19. The van der Waals surface area contributed by atoms with E-state index in [9.17, 15) is 26.3 Å². The molecule has 0 saturated heterocycles. The molecule has 1 nitrogen and oxygen atoms in total. The molecule has 0 unspecified atom stereocenters. The largest absolute Gasteiger partial charge is 0.573 e. The molecule has 0 aliphatic carbocycles. The first kappa shape index (κ1) is 14.1. The van der Waals surface area contributed by atoms with Crippen LogP contribution in [-0.2, 0) is 6.18 Å². The summed E-state index contributed by atoms with van der Waals surface area (Å²) in [6.07, 6.45) is -9.58. The number of alkyl halides is 6. The molecule has 1 aromatic carbocycles. The quantitative estimate of drug-likeness (QED) is 0.682. The number of ether oxygens (including phenoxy) is 1. The SMILES string of the molecule is Cc1cc(OC(F)(F)F)cc(Br)c1C(F)(F)F. The number of hydrogen-bond donors (Lipinski definition) is 0. The Kier molecular flexibility index (Phi) is 3.66. The van der Waals surface area contributed by atoms with Crippen molar-refractivity contribution in [3.05, 3.63) is 27.7 Å². The third-order valence-corrected chi connectivity index (χ3v) is 2.40. The molecule has 8 heteroatoms. The van der Waals surface area contributed by atoms with Crippen molar-refractivity contribution < 1.29 is 31.1 Å². The molecule has 1 rings (SSSR count). The lowest BCUT2D eigenvalue weighted by Crippen LogP contribution is -2.18.